The molecule has 0 aliphatic heterocycles. The van der Waals surface area contributed by atoms with Gasteiger partial charge in [-0.15, -0.1) is 0 Å². The van der Waals surface area contributed by atoms with E-state index in [9.17, 15) is 14.4 Å². The van der Waals surface area contributed by atoms with Crippen LogP contribution in [0.5, 0.6) is 0 Å². The van der Waals surface area contributed by atoms with Gasteiger partial charge in [0.25, 0.3) is 5.91 Å². The van der Waals surface area contributed by atoms with Gasteiger partial charge in [-0.25, -0.2) is 4.79 Å². The number of hydrogen-bond donors (Lipinski definition) is 1. The Kier molecular flexibility index (Phi) is 5.08. The summed E-state index contributed by atoms with van der Waals surface area (Å²) in [5.74, 6) is -1.04. The van der Waals surface area contributed by atoms with Crippen molar-refractivity contribution >= 4 is 34.6 Å². The molecule has 5 nitrogen and oxygen atoms in total. The summed E-state index contributed by atoms with van der Waals surface area (Å²) in [5.41, 5.74) is 1.37. The van der Waals surface area contributed by atoms with Crippen LogP contribution in [0, 0.1) is 0 Å². The number of anilines is 1. The summed E-state index contributed by atoms with van der Waals surface area (Å²) in [6, 6.07) is 19.4. The number of fused-ring (bicyclic) bond motifs is 1. The molecule has 0 bridgehead atoms. The number of esters is 1. The Bertz CT molecular complexity index is 963. The molecule has 5 heteroatoms. The standard InChI is InChI=1S/C21H17NO4/c1-14(26-21(25)17-8-6-15(13-23)7-9-17)20(24)22-19-11-10-16-4-2-3-5-18(16)12-19/h2-14H,1H3,(H,22,24)/t14-/m1/s1. The van der Waals surface area contributed by atoms with Crippen molar-refractivity contribution in [2.45, 2.75) is 13.0 Å². The highest BCUT2D eigenvalue weighted by atomic mass is 16.5. The van der Waals surface area contributed by atoms with Crippen molar-refractivity contribution in [1.29, 1.82) is 0 Å². The van der Waals surface area contributed by atoms with E-state index in [0.717, 1.165) is 10.8 Å². The fraction of sp³-hybridized carbons (Fsp3) is 0.0952. The second kappa shape index (κ2) is 7.61. The van der Waals surface area contributed by atoms with Crippen LogP contribution in [0.25, 0.3) is 10.8 Å². The molecule has 0 aromatic heterocycles. The van der Waals surface area contributed by atoms with Crippen molar-refractivity contribution < 1.29 is 19.1 Å². The van der Waals surface area contributed by atoms with E-state index in [1.165, 1.54) is 31.2 Å². The van der Waals surface area contributed by atoms with E-state index in [2.05, 4.69) is 5.32 Å². The van der Waals surface area contributed by atoms with Gasteiger partial charge in [0.2, 0.25) is 0 Å². The number of ether oxygens (including phenoxy) is 1. The van der Waals surface area contributed by atoms with E-state index in [1.807, 2.05) is 36.4 Å². The molecule has 0 radical (unpaired) electrons. The zero-order valence-corrected chi connectivity index (χ0v) is 14.1. The molecule has 1 amide bonds. The summed E-state index contributed by atoms with van der Waals surface area (Å²) in [7, 11) is 0. The molecule has 3 rings (SSSR count). The highest BCUT2D eigenvalue weighted by Gasteiger charge is 2.19. The molecular weight excluding hydrogens is 330 g/mol. The maximum atomic E-state index is 12.3. The van der Waals surface area contributed by atoms with Gasteiger partial charge in [0, 0.05) is 11.3 Å². The van der Waals surface area contributed by atoms with Gasteiger partial charge in [-0.3, -0.25) is 9.59 Å². The largest absolute Gasteiger partial charge is 0.449 e. The maximum absolute atomic E-state index is 12.3. The van der Waals surface area contributed by atoms with Crippen molar-refractivity contribution in [2.75, 3.05) is 5.32 Å². The zero-order chi connectivity index (χ0) is 18.5. The fourth-order valence-electron chi connectivity index (χ4n) is 2.49. The van der Waals surface area contributed by atoms with E-state index in [0.29, 0.717) is 17.5 Å². The number of nitrogens with one attached hydrogen (secondary N) is 1. The maximum Gasteiger partial charge on any atom is 0.338 e. The Morgan fingerprint density at radius 3 is 2.35 bits per heavy atom. The minimum atomic E-state index is -0.959. The SMILES string of the molecule is C[C@@H](OC(=O)c1ccc(C=O)cc1)C(=O)Nc1ccc2ccccc2c1. The van der Waals surface area contributed by atoms with Crippen LogP contribution < -0.4 is 5.32 Å². The fourth-order valence-corrected chi connectivity index (χ4v) is 2.49. The lowest BCUT2D eigenvalue weighted by molar-refractivity contribution is -0.123. The van der Waals surface area contributed by atoms with Crippen LogP contribution in [-0.2, 0) is 9.53 Å². The van der Waals surface area contributed by atoms with E-state index in [-0.39, 0.29) is 5.56 Å². The van der Waals surface area contributed by atoms with Gasteiger partial charge in [-0.1, -0.05) is 42.5 Å². The van der Waals surface area contributed by atoms with Crippen LogP contribution in [0.3, 0.4) is 0 Å². The molecule has 0 aliphatic carbocycles. The molecular formula is C21H17NO4. The van der Waals surface area contributed by atoms with Crippen LogP contribution in [-0.4, -0.2) is 24.3 Å². The molecule has 0 saturated carbocycles. The molecule has 0 spiro atoms. The Morgan fingerprint density at radius 1 is 0.962 bits per heavy atom. The molecule has 0 fully saturated rings. The third-order valence-electron chi connectivity index (χ3n) is 3.95. The third-order valence-corrected chi connectivity index (χ3v) is 3.95. The summed E-state index contributed by atoms with van der Waals surface area (Å²) in [4.78, 5) is 35.0. The van der Waals surface area contributed by atoms with Crippen molar-refractivity contribution in [3.05, 3.63) is 77.9 Å². The third kappa shape index (κ3) is 3.95. The summed E-state index contributed by atoms with van der Waals surface area (Å²) in [6.45, 7) is 1.51. The number of carbonyl (C=O) groups excluding carboxylic acids is 3. The molecule has 0 saturated heterocycles. The second-order valence-electron chi connectivity index (χ2n) is 5.84. The van der Waals surface area contributed by atoms with Crippen molar-refractivity contribution in [3.8, 4) is 0 Å². The second-order valence-corrected chi connectivity index (χ2v) is 5.84. The zero-order valence-electron chi connectivity index (χ0n) is 14.1. The van der Waals surface area contributed by atoms with Crippen LogP contribution in [0.15, 0.2) is 66.7 Å². The average Bonchev–Trinajstić information content (AvgIpc) is 2.67. The van der Waals surface area contributed by atoms with E-state index >= 15 is 0 Å². The first-order chi connectivity index (χ1) is 12.6. The van der Waals surface area contributed by atoms with Crippen molar-refractivity contribution in [1.82, 2.24) is 0 Å². The van der Waals surface area contributed by atoms with Gasteiger partial charge in [-0.2, -0.15) is 0 Å². The predicted molar refractivity (Wildman–Crippen MR) is 99.3 cm³/mol. The van der Waals surface area contributed by atoms with Crippen LogP contribution in [0.2, 0.25) is 0 Å². The molecule has 3 aromatic carbocycles. The minimum absolute atomic E-state index is 0.279. The monoisotopic (exact) mass is 347 g/mol. The van der Waals surface area contributed by atoms with Gasteiger partial charge in [0.1, 0.15) is 6.29 Å². The van der Waals surface area contributed by atoms with Crippen molar-refractivity contribution in [3.63, 3.8) is 0 Å². The summed E-state index contributed by atoms with van der Waals surface area (Å²) in [6.07, 6.45) is -0.269. The predicted octanol–water partition coefficient (Wildman–Crippen LogP) is 3.84. The number of rotatable bonds is 5. The quantitative estimate of drug-likeness (QED) is 0.562. The minimum Gasteiger partial charge on any atom is -0.449 e. The molecule has 0 unspecified atom stereocenters. The van der Waals surface area contributed by atoms with Gasteiger partial charge in [-0.05, 0) is 42.0 Å². The lowest BCUT2D eigenvalue weighted by Crippen LogP contribution is -2.30. The summed E-state index contributed by atoms with van der Waals surface area (Å²) in [5, 5.41) is 4.82. The van der Waals surface area contributed by atoms with Gasteiger partial charge < -0.3 is 10.1 Å². The first-order valence-electron chi connectivity index (χ1n) is 8.13. The number of hydrogen-bond acceptors (Lipinski definition) is 4. The molecule has 130 valence electrons. The number of carbonyl (C=O) groups is 3. The smallest absolute Gasteiger partial charge is 0.338 e. The molecule has 1 atom stereocenters. The summed E-state index contributed by atoms with van der Waals surface area (Å²) < 4.78 is 5.19. The highest BCUT2D eigenvalue weighted by molar-refractivity contribution is 5.99. The Labute approximate surface area is 150 Å². The van der Waals surface area contributed by atoms with E-state index < -0.39 is 18.0 Å². The van der Waals surface area contributed by atoms with Crippen molar-refractivity contribution in [2.24, 2.45) is 0 Å². The average molecular weight is 347 g/mol. The first kappa shape index (κ1) is 17.4. The molecule has 0 aliphatic rings. The number of aldehydes is 1. The Balaban J connectivity index is 1.64. The highest BCUT2D eigenvalue weighted by Crippen LogP contribution is 2.19. The lowest BCUT2D eigenvalue weighted by atomic mass is 10.1. The van der Waals surface area contributed by atoms with Crippen LogP contribution >= 0.6 is 0 Å². The Hall–Kier alpha value is -3.47. The van der Waals surface area contributed by atoms with E-state index in [1.54, 1.807) is 6.07 Å². The first-order valence-corrected chi connectivity index (χ1v) is 8.13. The lowest BCUT2D eigenvalue weighted by Gasteiger charge is -2.14. The van der Waals surface area contributed by atoms with E-state index in [4.69, 9.17) is 4.74 Å². The van der Waals surface area contributed by atoms with Crippen LogP contribution in [0.4, 0.5) is 5.69 Å². The van der Waals surface area contributed by atoms with Crippen LogP contribution in [0.1, 0.15) is 27.6 Å². The topological polar surface area (TPSA) is 72.5 Å². The number of benzene rings is 3. The molecule has 3 aromatic rings. The molecule has 0 heterocycles. The Morgan fingerprint density at radius 2 is 1.65 bits per heavy atom. The number of amides is 1. The van der Waals surface area contributed by atoms with Gasteiger partial charge in [0.15, 0.2) is 6.10 Å². The summed E-state index contributed by atoms with van der Waals surface area (Å²) >= 11 is 0. The normalized spacial score (nSPS) is 11.6. The molecule has 26 heavy (non-hydrogen) atoms. The molecule has 1 N–H and O–H groups in total. The van der Waals surface area contributed by atoms with Gasteiger partial charge >= 0.3 is 5.97 Å². The van der Waals surface area contributed by atoms with Gasteiger partial charge in [0.05, 0.1) is 5.56 Å².